The Hall–Kier alpha value is -2.40. The molecule has 1 N–H and O–H groups in total. The Morgan fingerprint density at radius 2 is 1.77 bits per heavy atom. The van der Waals surface area contributed by atoms with Gasteiger partial charge in [0, 0.05) is 17.6 Å². The second kappa shape index (κ2) is 9.34. The molecule has 5 nitrogen and oxygen atoms in total. The molecule has 0 aliphatic carbocycles. The Kier molecular flexibility index (Phi) is 7.16. The molecule has 0 radical (unpaired) electrons. The maximum absolute atomic E-state index is 12.5. The molecule has 1 unspecified atom stereocenters. The fraction of sp³-hybridized carbons (Fsp3) is 0.350. The highest BCUT2D eigenvalue weighted by Gasteiger charge is 2.19. The molecule has 26 heavy (non-hydrogen) atoms. The van der Waals surface area contributed by atoms with Crippen molar-refractivity contribution in [3.8, 4) is 17.2 Å². The highest BCUT2D eigenvalue weighted by molar-refractivity contribution is 6.31. The number of hydrogen-bond acceptors (Lipinski definition) is 4. The monoisotopic (exact) mass is 377 g/mol. The molecule has 0 heterocycles. The molecule has 0 saturated heterocycles. The lowest BCUT2D eigenvalue weighted by Gasteiger charge is -2.19. The van der Waals surface area contributed by atoms with E-state index in [0.717, 1.165) is 11.1 Å². The third-order valence-electron chi connectivity index (χ3n) is 4.03. The molecule has 0 aromatic heterocycles. The number of ether oxygens (including phenoxy) is 3. The SMILES string of the molecule is CCC(Oc1ccccc1C)C(=O)NCc1cc(OC)c(OC)cc1Cl. The van der Waals surface area contributed by atoms with Crippen LogP contribution in [0.25, 0.3) is 0 Å². The number of carbonyl (C=O) groups excluding carboxylic acids is 1. The number of para-hydroxylation sites is 1. The standard InChI is InChI=1S/C20H24ClNO4/c1-5-16(26-17-9-7-6-8-13(17)2)20(23)22-12-14-10-18(24-3)19(25-4)11-15(14)21/h6-11,16H,5,12H2,1-4H3,(H,22,23). The molecule has 0 saturated carbocycles. The number of aryl methyl sites for hydroxylation is 1. The minimum absolute atomic E-state index is 0.193. The number of halogens is 1. The van der Waals surface area contributed by atoms with Gasteiger partial charge in [-0.2, -0.15) is 0 Å². The van der Waals surface area contributed by atoms with Crippen LogP contribution in [0, 0.1) is 6.92 Å². The largest absolute Gasteiger partial charge is 0.493 e. The molecular formula is C20H24ClNO4. The van der Waals surface area contributed by atoms with Crippen molar-refractivity contribution >= 4 is 17.5 Å². The molecule has 0 fully saturated rings. The molecular weight excluding hydrogens is 354 g/mol. The highest BCUT2D eigenvalue weighted by atomic mass is 35.5. The lowest BCUT2D eigenvalue weighted by atomic mass is 10.1. The minimum atomic E-state index is -0.574. The van der Waals surface area contributed by atoms with Gasteiger partial charge in [-0.15, -0.1) is 0 Å². The van der Waals surface area contributed by atoms with Crippen LogP contribution in [0.1, 0.15) is 24.5 Å². The number of rotatable bonds is 8. The van der Waals surface area contributed by atoms with Gasteiger partial charge in [-0.3, -0.25) is 4.79 Å². The summed E-state index contributed by atoms with van der Waals surface area (Å²) in [6, 6.07) is 11.0. The molecule has 2 rings (SSSR count). The quantitative estimate of drug-likeness (QED) is 0.751. The van der Waals surface area contributed by atoms with Crippen LogP contribution in [-0.2, 0) is 11.3 Å². The second-order valence-corrected chi connectivity index (χ2v) is 6.20. The van der Waals surface area contributed by atoms with Gasteiger partial charge in [0.2, 0.25) is 0 Å². The predicted molar refractivity (Wildman–Crippen MR) is 102 cm³/mol. The third-order valence-corrected chi connectivity index (χ3v) is 4.38. The van der Waals surface area contributed by atoms with Gasteiger partial charge in [0.25, 0.3) is 5.91 Å². The summed E-state index contributed by atoms with van der Waals surface area (Å²) in [5.41, 5.74) is 1.73. The van der Waals surface area contributed by atoms with Gasteiger partial charge in [-0.25, -0.2) is 0 Å². The Bertz CT molecular complexity index is 763. The second-order valence-electron chi connectivity index (χ2n) is 5.80. The molecule has 1 atom stereocenters. The number of amides is 1. The van der Waals surface area contributed by atoms with Gasteiger partial charge in [0.1, 0.15) is 5.75 Å². The summed E-state index contributed by atoms with van der Waals surface area (Å²) in [7, 11) is 3.10. The highest BCUT2D eigenvalue weighted by Crippen LogP contribution is 2.33. The van der Waals surface area contributed by atoms with Gasteiger partial charge in [-0.1, -0.05) is 36.7 Å². The van der Waals surface area contributed by atoms with Crippen molar-refractivity contribution in [2.75, 3.05) is 14.2 Å². The van der Waals surface area contributed by atoms with Gasteiger partial charge in [0.15, 0.2) is 17.6 Å². The number of methoxy groups -OCH3 is 2. The van der Waals surface area contributed by atoms with Crippen LogP contribution >= 0.6 is 11.6 Å². The first-order chi connectivity index (χ1) is 12.5. The predicted octanol–water partition coefficient (Wildman–Crippen LogP) is 4.14. The summed E-state index contributed by atoms with van der Waals surface area (Å²) in [6.45, 7) is 4.13. The summed E-state index contributed by atoms with van der Waals surface area (Å²) >= 11 is 6.27. The average Bonchev–Trinajstić information content (AvgIpc) is 2.65. The zero-order valence-corrected chi connectivity index (χ0v) is 16.2. The lowest BCUT2D eigenvalue weighted by Crippen LogP contribution is -2.37. The minimum Gasteiger partial charge on any atom is -0.493 e. The first-order valence-corrected chi connectivity index (χ1v) is 8.78. The van der Waals surface area contributed by atoms with E-state index in [9.17, 15) is 4.79 Å². The lowest BCUT2D eigenvalue weighted by molar-refractivity contribution is -0.128. The maximum Gasteiger partial charge on any atom is 0.261 e. The van der Waals surface area contributed by atoms with E-state index in [1.807, 2.05) is 38.1 Å². The molecule has 2 aromatic carbocycles. The van der Waals surface area contributed by atoms with Crippen LogP contribution in [0.4, 0.5) is 0 Å². The van der Waals surface area contributed by atoms with Crippen molar-refractivity contribution in [3.63, 3.8) is 0 Å². The average molecular weight is 378 g/mol. The Morgan fingerprint density at radius 3 is 2.38 bits per heavy atom. The first-order valence-electron chi connectivity index (χ1n) is 8.40. The van der Waals surface area contributed by atoms with Crippen molar-refractivity contribution in [2.45, 2.75) is 32.9 Å². The Labute approximate surface area is 159 Å². The smallest absolute Gasteiger partial charge is 0.261 e. The summed E-state index contributed by atoms with van der Waals surface area (Å²) in [6.07, 6.45) is -0.0187. The molecule has 0 bridgehead atoms. The Balaban J connectivity index is 2.06. The van der Waals surface area contributed by atoms with Crippen molar-refractivity contribution in [1.82, 2.24) is 5.32 Å². The van der Waals surface area contributed by atoms with Crippen molar-refractivity contribution in [2.24, 2.45) is 0 Å². The fourth-order valence-electron chi connectivity index (χ4n) is 2.49. The van der Waals surface area contributed by atoms with Crippen molar-refractivity contribution in [1.29, 1.82) is 0 Å². The summed E-state index contributed by atoms with van der Waals surface area (Å²) in [4.78, 5) is 12.5. The molecule has 0 aliphatic heterocycles. The molecule has 1 amide bonds. The van der Waals surface area contributed by atoms with Crippen molar-refractivity contribution < 1.29 is 19.0 Å². The first kappa shape index (κ1) is 19.9. The topological polar surface area (TPSA) is 56.8 Å². The number of carbonyl (C=O) groups is 1. The molecule has 140 valence electrons. The van der Waals surface area contributed by atoms with Crippen LogP contribution in [0.2, 0.25) is 5.02 Å². The molecule has 0 spiro atoms. The van der Waals surface area contributed by atoms with E-state index in [0.29, 0.717) is 28.7 Å². The van der Waals surface area contributed by atoms with Gasteiger partial charge in [0.05, 0.1) is 14.2 Å². The van der Waals surface area contributed by atoms with E-state index in [4.69, 9.17) is 25.8 Å². The van der Waals surface area contributed by atoms with Crippen molar-refractivity contribution in [3.05, 3.63) is 52.5 Å². The number of benzene rings is 2. The molecule has 0 aliphatic rings. The third kappa shape index (κ3) is 4.82. The summed E-state index contributed by atoms with van der Waals surface area (Å²) in [5, 5.41) is 3.37. The summed E-state index contributed by atoms with van der Waals surface area (Å²) < 4.78 is 16.4. The molecule has 6 heteroatoms. The van der Waals surface area contributed by atoms with E-state index in [-0.39, 0.29) is 12.5 Å². The Morgan fingerprint density at radius 1 is 1.12 bits per heavy atom. The summed E-state index contributed by atoms with van der Waals surface area (Å²) in [5.74, 6) is 1.62. The van der Waals surface area contributed by atoms with E-state index < -0.39 is 6.10 Å². The van der Waals surface area contributed by atoms with Crippen LogP contribution in [0.3, 0.4) is 0 Å². The van der Waals surface area contributed by atoms with Crippen LogP contribution in [0.15, 0.2) is 36.4 Å². The zero-order chi connectivity index (χ0) is 19.1. The van der Waals surface area contributed by atoms with E-state index in [1.165, 1.54) is 0 Å². The van der Waals surface area contributed by atoms with Crippen LogP contribution in [-0.4, -0.2) is 26.2 Å². The zero-order valence-electron chi connectivity index (χ0n) is 15.5. The van der Waals surface area contributed by atoms with E-state index in [2.05, 4.69) is 5.32 Å². The van der Waals surface area contributed by atoms with Crippen LogP contribution < -0.4 is 19.5 Å². The van der Waals surface area contributed by atoms with Crippen LogP contribution in [0.5, 0.6) is 17.2 Å². The van der Waals surface area contributed by atoms with Gasteiger partial charge >= 0.3 is 0 Å². The number of hydrogen-bond donors (Lipinski definition) is 1. The van der Waals surface area contributed by atoms with Gasteiger partial charge in [-0.05, 0) is 36.6 Å². The van der Waals surface area contributed by atoms with E-state index >= 15 is 0 Å². The maximum atomic E-state index is 12.5. The normalized spacial score (nSPS) is 11.6. The molecule has 2 aromatic rings. The van der Waals surface area contributed by atoms with E-state index in [1.54, 1.807) is 26.4 Å². The fourth-order valence-corrected chi connectivity index (χ4v) is 2.71. The number of nitrogens with one attached hydrogen (secondary N) is 1. The van der Waals surface area contributed by atoms with Gasteiger partial charge < -0.3 is 19.5 Å².